The molecule has 0 bridgehead atoms. The maximum atomic E-state index is 2.73. The van der Waals surface area contributed by atoms with E-state index >= 15 is 0 Å². The van der Waals surface area contributed by atoms with Crippen molar-refractivity contribution in [2.45, 2.75) is 113 Å². The molecule has 261 valence electrons. The van der Waals surface area contributed by atoms with Crippen LogP contribution in [-0.4, -0.2) is 5.98 Å². The van der Waals surface area contributed by atoms with Gasteiger partial charge in [-0.15, -0.1) is 0 Å². The van der Waals surface area contributed by atoms with Crippen molar-refractivity contribution >= 4 is 18.1 Å². The van der Waals surface area contributed by atoms with Crippen molar-refractivity contribution in [3.8, 4) is 22.3 Å². The van der Waals surface area contributed by atoms with Crippen LogP contribution in [0.3, 0.4) is 0 Å². The van der Waals surface area contributed by atoms with Gasteiger partial charge in [0.25, 0.3) is 0 Å². The zero-order valence-corrected chi connectivity index (χ0v) is 37.8. The van der Waals surface area contributed by atoms with Crippen LogP contribution < -0.4 is 0 Å². The minimum absolute atomic E-state index is 0.0836. The molecular formula is C48H61HfSi. The summed E-state index contributed by atoms with van der Waals surface area (Å²) < 4.78 is 1.29. The summed E-state index contributed by atoms with van der Waals surface area (Å²) in [5, 5.41) is 0. The zero-order valence-electron chi connectivity index (χ0n) is 33.0. The first kappa shape index (κ1) is 37.2. The third-order valence-electron chi connectivity index (χ3n) is 11.9. The van der Waals surface area contributed by atoms with Crippen molar-refractivity contribution in [2.24, 2.45) is 11.8 Å². The van der Waals surface area contributed by atoms with Gasteiger partial charge < -0.3 is 0 Å². The zero-order chi connectivity index (χ0) is 36.1. The molecule has 0 saturated carbocycles. The van der Waals surface area contributed by atoms with Crippen molar-refractivity contribution in [1.82, 2.24) is 0 Å². The van der Waals surface area contributed by atoms with E-state index in [4.69, 9.17) is 0 Å². The summed E-state index contributed by atoms with van der Waals surface area (Å²) in [4.78, 5) is 0. The number of hydrogen-bond donors (Lipinski definition) is 0. The van der Waals surface area contributed by atoms with Gasteiger partial charge in [0.1, 0.15) is 0 Å². The Morgan fingerprint density at radius 2 is 0.900 bits per heavy atom. The maximum absolute atomic E-state index is 2.73. The van der Waals surface area contributed by atoms with E-state index in [-0.39, 0.29) is 10.8 Å². The van der Waals surface area contributed by atoms with Gasteiger partial charge in [-0.25, -0.2) is 0 Å². The second-order valence-electron chi connectivity index (χ2n) is 17.6. The first-order chi connectivity index (χ1) is 23.7. The van der Waals surface area contributed by atoms with E-state index in [0.29, 0.717) is 19.2 Å². The van der Waals surface area contributed by atoms with Crippen LogP contribution >= 0.6 is 0 Å². The standard InChI is InChI=1S/2C23H27.C2H7Si.Hf/c2*1-6-16(2)18-14-17-10-9-12-19(21(17)15-18)20-11-7-8-13-22(20)23(3,4)5;1-3-2;/h2*7-16H,6H2,1-5H3;3H,1-2H3;. The molecule has 2 aliphatic rings. The molecule has 0 amide bonds. The average molecular weight is 845 g/mol. The van der Waals surface area contributed by atoms with Crippen molar-refractivity contribution in [2.75, 3.05) is 0 Å². The summed E-state index contributed by atoms with van der Waals surface area (Å²) in [5.41, 5.74) is 18.7. The Hall–Kier alpha value is -2.55. The second kappa shape index (κ2) is 14.5. The Balaban J connectivity index is 1.58. The van der Waals surface area contributed by atoms with Crippen LogP contribution in [0.2, 0.25) is 13.1 Å². The fraction of sp³-hybridized carbons (Fsp3) is 0.417. The van der Waals surface area contributed by atoms with Gasteiger partial charge in [0, 0.05) is 0 Å². The predicted octanol–water partition coefficient (Wildman–Crippen LogP) is 13.9. The van der Waals surface area contributed by atoms with E-state index in [1.165, 1.54) is 57.3 Å². The first-order valence-electron chi connectivity index (χ1n) is 19.4. The fourth-order valence-electron chi connectivity index (χ4n) is 8.97. The number of hydrogen-bond acceptors (Lipinski definition) is 0. The van der Waals surface area contributed by atoms with Crippen LogP contribution in [0.25, 0.3) is 34.4 Å². The molecule has 0 heterocycles. The summed E-state index contributed by atoms with van der Waals surface area (Å²) in [6.07, 6.45) is 7.82. The summed E-state index contributed by atoms with van der Waals surface area (Å²) in [6, 6.07) is 33.1. The van der Waals surface area contributed by atoms with Crippen molar-refractivity contribution in [3.63, 3.8) is 0 Å². The van der Waals surface area contributed by atoms with Gasteiger partial charge in [-0.1, -0.05) is 0 Å². The third-order valence-corrected chi connectivity index (χ3v) is 42.5. The van der Waals surface area contributed by atoms with E-state index in [1.807, 2.05) is 0 Å². The summed E-state index contributed by atoms with van der Waals surface area (Å²) in [7, 11) is 0. The quantitative estimate of drug-likeness (QED) is 0.147. The van der Waals surface area contributed by atoms with Crippen LogP contribution in [0, 0.1) is 11.8 Å². The average Bonchev–Trinajstić information content (AvgIpc) is 3.66. The first-order valence-corrected chi connectivity index (χ1v) is 32.7. The van der Waals surface area contributed by atoms with Crippen LogP contribution in [0.1, 0.15) is 123 Å². The Bertz CT molecular complexity index is 1790. The molecule has 2 heteroatoms. The molecule has 4 aromatic carbocycles. The van der Waals surface area contributed by atoms with Gasteiger partial charge in [0.05, 0.1) is 0 Å². The van der Waals surface area contributed by atoms with Crippen molar-refractivity contribution in [3.05, 3.63) is 129 Å². The molecule has 4 atom stereocenters. The normalized spacial score (nSPS) is 18.4. The summed E-state index contributed by atoms with van der Waals surface area (Å²) in [6.45, 7) is 29.5. The van der Waals surface area contributed by atoms with Crippen molar-refractivity contribution in [1.29, 1.82) is 0 Å². The number of benzene rings is 4. The molecule has 6 rings (SSSR count). The number of fused-ring (bicyclic) bond motifs is 2. The van der Waals surface area contributed by atoms with Crippen LogP contribution in [0.4, 0.5) is 0 Å². The predicted molar refractivity (Wildman–Crippen MR) is 220 cm³/mol. The monoisotopic (exact) mass is 845 g/mol. The molecule has 2 aliphatic carbocycles. The number of rotatable bonds is 9. The van der Waals surface area contributed by atoms with Crippen LogP contribution in [-0.2, 0) is 31.4 Å². The Kier molecular flexibility index (Phi) is 10.8. The van der Waals surface area contributed by atoms with Crippen molar-refractivity contribution < 1.29 is 20.6 Å². The molecule has 0 nitrogen and oxygen atoms in total. The van der Waals surface area contributed by atoms with Gasteiger partial charge >= 0.3 is 316 Å². The Morgan fingerprint density at radius 1 is 0.540 bits per heavy atom. The fourth-order valence-corrected chi connectivity index (χ4v) is 41.8. The SMILES string of the molecule is CCC(C)C1=Cc2c(-c3ccccc3C(C)(C)C)cccc2[CH]1[Hf]([CH]1C(C(C)CC)=Cc2c(-c3ccccc3C(C)(C)C)cccc21)[SiH](C)C. The second-order valence-corrected chi connectivity index (χ2v) is 45.6. The molecule has 0 spiro atoms. The molecule has 0 aromatic heterocycles. The number of allylic oxidation sites excluding steroid dienone is 2. The van der Waals surface area contributed by atoms with Gasteiger partial charge in [-0.3, -0.25) is 0 Å². The molecule has 0 N–H and O–H groups in total. The molecule has 50 heavy (non-hydrogen) atoms. The van der Waals surface area contributed by atoms with E-state index in [0.717, 1.165) is 0 Å². The van der Waals surface area contributed by atoms with E-state index in [1.54, 1.807) is 22.3 Å². The van der Waals surface area contributed by atoms with Gasteiger partial charge in [-0.05, 0) is 0 Å². The van der Waals surface area contributed by atoms with E-state index in [2.05, 4.69) is 179 Å². The van der Waals surface area contributed by atoms with E-state index < -0.39 is 26.6 Å². The summed E-state index contributed by atoms with van der Waals surface area (Å²) >= 11 is -2.55. The van der Waals surface area contributed by atoms with Crippen LogP contribution in [0.15, 0.2) is 96.1 Å². The van der Waals surface area contributed by atoms with Gasteiger partial charge in [0.15, 0.2) is 0 Å². The topological polar surface area (TPSA) is 0 Å². The Morgan fingerprint density at radius 3 is 1.24 bits per heavy atom. The minimum atomic E-state index is -2.55. The molecule has 4 unspecified atom stereocenters. The van der Waals surface area contributed by atoms with Crippen LogP contribution in [0.5, 0.6) is 0 Å². The Labute approximate surface area is 313 Å². The molecule has 0 aliphatic heterocycles. The molecule has 0 fully saturated rings. The molecule has 4 aromatic rings. The molecule has 0 saturated heterocycles. The van der Waals surface area contributed by atoms with Gasteiger partial charge in [0.2, 0.25) is 0 Å². The third kappa shape index (κ3) is 6.74. The molecule has 0 radical (unpaired) electrons. The van der Waals surface area contributed by atoms with E-state index in [9.17, 15) is 0 Å². The summed E-state index contributed by atoms with van der Waals surface area (Å²) in [5.74, 6) is 0.168. The van der Waals surface area contributed by atoms with Gasteiger partial charge in [-0.2, -0.15) is 0 Å². The molecular weight excluding hydrogens is 783 g/mol.